The van der Waals surface area contributed by atoms with Crippen molar-refractivity contribution in [1.29, 1.82) is 0 Å². The largest absolute Gasteiger partial charge is 0.493 e. The maximum Gasteiger partial charge on any atom is 0.347 e. The lowest BCUT2D eigenvalue weighted by molar-refractivity contribution is -0.151. The Morgan fingerprint density at radius 1 is 1.11 bits per heavy atom. The van der Waals surface area contributed by atoms with Crippen molar-refractivity contribution >= 4 is 5.97 Å². The number of carbonyl (C=O) groups is 1. The fourth-order valence-electron chi connectivity index (χ4n) is 2.48. The van der Waals surface area contributed by atoms with E-state index in [1.165, 1.54) is 5.57 Å². The molecule has 156 valence electrons. The molecule has 0 radical (unpaired) electrons. The van der Waals surface area contributed by atoms with Gasteiger partial charge in [0.15, 0.2) is 11.5 Å². The Kier molecular flexibility index (Phi) is 10.2. The molecule has 0 fully saturated rings. The topological polar surface area (TPSA) is 74.2 Å². The highest BCUT2D eigenvalue weighted by atomic mass is 16.6. The minimum atomic E-state index is -1.06. The monoisotopic (exact) mass is 392 g/mol. The molecule has 6 heteroatoms. The van der Waals surface area contributed by atoms with Crippen molar-refractivity contribution in [2.75, 3.05) is 20.8 Å². The number of hydrogen-bond donors (Lipinski definition) is 1. The number of benzene rings is 1. The molecule has 0 aromatic heterocycles. The Hall–Kier alpha value is -2.47. The summed E-state index contributed by atoms with van der Waals surface area (Å²) in [6.07, 6.45) is 2.83. The van der Waals surface area contributed by atoms with Crippen LogP contribution < -0.4 is 9.47 Å². The first-order valence-electron chi connectivity index (χ1n) is 9.26. The lowest BCUT2D eigenvalue weighted by Crippen LogP contribution is -2.29. The van der Waals surface area contributed by atoms with E-state index >= 15 is 0 Å². The van der Waals surface area contributed by atoms with Crippen LogP contribution >= 0.6 is 0 Å². The molecule has 1 atom stereocenters. The van der Waals surface area contributed by atoms with Crippen molar-refractivity contribution in [2.24, 2.45) is 0 Å². The van der Waals surface area contributed by atoms with Crippen molar-refractivity contribution in [3.8, 4) is 11.5 Å². The molecular weight excluding hydrogens is 360 g/mol. The summed E-state index contributed by atoms with van der Waals surface area (Å²) in [5, 5.41) is 9.43. The number of carboxylic acid groups (broad SMARTS) is 1. The third-order valence-corrected chi connectivity index (χ3v) is 4.25. The molecule has 0 aliphatic carbocycles. The minimum absolute atomic E-state index is 0.0533. The predicted octanol–water partition coefficient (Wildman–Crippen LogP) is 4.73. The molecule has 0 saturated heterocycles. The third kappa shape index (κ3) is 8.05. The molecule has 0 unspecified atom stereocenters. The summed E-state index contributed by atoms with van der Waals surface area (Å²) in [4.78, 5) is 11.5. The average molecular weight is 392 g/mol. The van der Waals surface area contributed by atoms with Gasteiger partial charge in [-0.25, -0.2) is 4.79 Å². The van der Waals surface area contributed by atoms with E-state index in [2.05, 4.69) is 19.9 Å². The standard InChI is InChI=1S/C22H32O6/c1-15(2)8-7-9-16(3)17(4)28-21(22(23)24)14-27-13-18-10-11-19(25-5)20(12-18)26-6/h8,10-12,21H,7,9,13-14H2,1-6H3,(H,23,24)/b17-16+/t21-/m1/s1. The van der Waals surface area contributed by atoms with E-state index in [1.807, 2.05) is 13.0 Å². The van der Waals surface area contributed by atoms with Crippen molar-refractivity contribution in [2.45, 2.75) is 53.2 Å². The van der Waals surface area contributed by atoms with Gasteiger partial charge in [0.05, 0.1) is 33.2 Å². The molecule has 1 rings (SSSR count). The summed E-state index contributed by atoms with van der Waals surface area (Å²) in [6.45, 7) is 8.05. The first-order chi connectivity index (χ1) is 13.3. The van der Waals surface area contributed by atoms with Gasteiger partial charge in [0.2, 0.25) is 6.10 Å². The van der Waals surface area contributed by atoms with Crippen LogP contribution in [0.1, 0.15) is 46.1 Å². The molecule has 0 bridgehead atoms. The maximum atomic E-state index is 11.5. The number of aliphatic carboxylic acids is 1. The van der Waals surface area contributed by atoms with E-state index in [0.29, 0.717) is 17.3 Å². The van der Waals surface area contributed by atoms with Gasteiger partial charge in [-0.15, -0.1) is 0 Å². The van der Waals surface area contributed by atoms with Gasteiger partial charge in [-0.1, -0.05) is 17.7 Å². The fraction of sp³-hybridized carbons (Fsp3) is 0.500. The van der Waals surface area contributed by atoms with E-state index in [1.54, 1.807) is 33.3 Å². The second kappa shape index (κ2) is 12.1. The lowest BCUT2D eigenvalue weighted by atomic mass is 10.1. The molecule has 0 amide bonds. The van der Waals surface area contributed by atoms with E-state index in [0.717, 1.165) is 24.0 Å². The molecule has 6 nitrogen and oxygen atoms in total. The van der Waals surface area contributed by atoms with Crippen molar-refractivity contribution in [3.63, 3.8) is 0 Å². The Balaban J connectivity index is 2.63. The van der Waals surface area contributed by atoms with Crippen LogP contribution in [-0.4, -0.2) is 38.0 Å². The summed E-state index contributed by atoms with van der Waals surface area (Å²) >= 11 is 0. The summed E-state index contributed by atoms with van der Waals surface area (Å²) in [7, 11) is 3.13. The van der Waals surface area contributed by atoms with Crippen LogP contribution in [0.4, 0.5) is 0 Å². The maximum absolute atomic E-state index is 11.5. The second-order valence-electron chi connectivity index (χ2n) is 6.81. The molecular formula is C22H32O6. The summed E-state index contributed by atoms with van der Waals surface area (Å²) in [6, 6.07) is 5.43. The highest BCUT2D eigenvalue weighted by molar-refractivity contribution is 5.72. The van der Waals surface area contributed by atoms with Gasteiger partial charge in [-0.05, 0) is 63.8 Å². The zero-order valence-corrected chi connectivity index (χ0v) is 17.7. The average Bonchev–Trinajstić information content (AvgIpc) is 2.66. The van der Waals surface area contributed by atoms with Crippen LogP contribution in [0, 0.1) is 0 Å². The molecule has 1 aromatic rings. The van der Waals surface area contributed by atoms with Gasteiger partial charge < -0.3 is 24.1 Å². The van der Waals surface area contributed by atoms with Crippen LogP contribution in [0.2, 0.25) is 0 Å². The van der Waals surface area contributed by atoms with E-state index in [-0.39, 0.29) is 13.2 Å². The van der Waals surface area contributed by atoms with Crippen LogP contribution in [-0.2, 0) is 20.9 Å². The van der Waals surface area contributed by atoms with Gasteiger partial charge >= 0.3 is 5.97 Å². The molecule has 28 heavy (non-hydrogen) atoms. The zero-order chi connectivity index (χ0) is 21.1. The zero-order valence-electron chi connectivity index (χ0n) is 17.7. The van der Waals surface area contributed by atoms with Crippen LogP contribution in [0.15, 0.2) is 41.2 Å². The molecule has 0 saturated carbocycles. The molecule has 1 N–H and O–H groups in total. The quantitative estimate of drug-likeness (QED) is 0.409. The van der Waals surface area contributed by atoms with Gasteiger partial charge in [0.25, 0.3) is 0 Å². The van der Waals surface area contributed by atoms with E-state index < -0.39 is 12.1 Å². The molecule has 0 aliphatic rings. The summed E-state index contributed by atoms with van der Waals surface area (Å²) in [5.41, 5.74) is 3.15. The number of ether oxygens (including phenoxy) is 4. The SMILES string of the molecule is COc1ccc(COC[C@@H](O/C(C)=C(\C)CCC=C(C)C)C(=O)O)cc1OC. The van der Waals surface area contributed by atoms with Gasteiger partial charge in [0, 0.05) is 0 Å². The minimum Gasteiger partial charge on any atom is -0.493 e. The number of hydrogen-bond acceptors (Lipinski definition) is 5. The normalized spacial score (nSPS) is 12.6. The number of carboxylic acids is 1. The van der Waals surface area contributed by atoms with Crippen molar-refractivity contribution < 1.29 is 28.8 Å². The molecule has 1 aromatic carbocycles. The van der Waals surface area contributed by atoms with Crippen molar-refractivity contribution in [1.82, 2.24) is 0 Å². The van der Waals surface area contributed by atoms with Crippen LogP contribution in [0.25, 0.3) is 0 Å². The van der Waals surface area contributed by atoms with Crippen LogP contribution in [0.3, 0.4) is 0 Å². The van der Waals surface area contributed by atoms with E-state index in [9.17, 15) is 9.90 Å². The Labute approximate surface area is 167 Å². The van der Waals surface area contributed by atoms with Gasteiger partial charge in [-0.3, -0.25) is 0 Å². The fourth-order valence-corrected chi connectivity index (χ4v) is 2.48. The Bertz CT molecular complexity index is 701. The number of allylic oxidation sites excluding steroid dienone is 4. The first-order valence-corrected chi connectivity index (χ1v) is 9.26. The first kappa shape index (κ1) is 23.6. The van der Waals surface area contributed by atoms with Crippen molar-refractivity contribution in [3.05, 3.63) is 46.7 Å². The van der Waals surface area contributed by atoms with Gasteiger partial charge in [0.1, 0.15) is 0 Å². The molecule has 0 spiro atoms. The highest BCUT2D eigenvalue weighted by Gasteiger charge is 2.20. The van der Waals surface area contributed by atoms with Crippen LogP contribution in [0.5, 0.6) is 11.5 Å². The lowest BCUT2D eigenvalue weighted by Gasteiger charge is -2.18. The highest BCUT2D eigenvalue weighted by Crippen LogP contribution is 2.27. The molecule has 0 heterocycles. The Morgan fingerprint density at radius 2 is 1.79 bits per heavy atom. The van der Waals surface area contributed by atoms with Gasteiger partial charge in [-0.2, -0.15) is 0 Å². The Morgan fingerprint density at radius 3 is 2.36 bits per heavy atom. The number of rotatable bonds is 12. The molecule has 0 aliphatic heterocycles. The number of methoxy groups -OCH3 is 2. The summed E-state index contributed by atoms with van der Waals surface area (Å²) < 4.78 is 21.7. The third-order valence-electron chi connectivity index (χ3n) is 4.25. The predicted molar refractivity (Wildman–Crippen MR) is 109 cm³/mol. The summed E-state index contributed by atoms with van der Waals surface area (Å²) in [5.74, 6) is 0.802. The second-order valence-corrected chi connectivity index (χ2v) is 6.81. The smallest absolute Gasteiger partial charge is 0.347 e. The van der Waals surface area contributed by atoms with E-state index in [4.69, 9.17) is 18.9 Å².